The summed E-state index contributed by atoms with van der Waals surface area (Å²) in [5.74, 6) is -0.676. The third-order valence-corrected chi connectivity index (χ3v) is 6.66. The van der Waals surface area contributed by atoms with Gasteiger partial charge in [-0.3, -0.25) is 9.59 Å². The SMILES string of the molecule is Cc1ccccc1-n1nc(C(=O)N2CCN(C(=O)c3ccccc3OC(F)F)CC2)c2c1CCC2. The molecule has 0 radical (unpaired) electrons. The number of piperazine rings is 1. The monoisotopic (exact) mass is 480 g/mol. The zero-order valence-electron chi connectivity index (χ0n) is 19.4. The maximum Gasteiger partial charge on any atom is 0.387 e. The number of rotatable bonds is 5. The molecule has 5 rings (SSSR count). The second-order valence-corrected chi connectivity index (χ2v) is 8.78. The fourth-order valence-electron chi connectivity index (χ4n) is 4.88. The molecule has 2 amide bonds. The van der Waals surface area contributed by atoms with E-state index in [0.29, 0.717) is 31.9 Å². The molecule has 182 valence electrons. The molecule has 2 heterocycles. The van der Waals surface area contributed by atoms with Gasteiger partial charge in [0.2, 0.25) is 0 Å². The summed E-state index contributed by atoms with van der Waals surface area (Å²) in [5.41, 5.74) is 4.73. The number of para-hydroxylation sites is 2. The summed E-state index contributed by atoms with van der Waals surface area (Å²) >= 11 is 0. The fraction of sp³-hybridized carbons (Fsp3) is 0.346. The highest BCUT2D eigenvalue weighted by Crippen LogP contribution is 2.30. The fourth-order valence-corrected chi connectivity index (χ4v) is 4.88. The van der Waals surface area contributed by atoms with E-state index in [0.717, 1.165) is 41.8 Å². The van der Waals surface area contributed by atoms with E-state index >= 15 is 0 Å². The van der Waals surface area contributed by atoms with E-state index in [1.165, 1.54) is 12.1 Å². The van der Waals surface area contributed by atoms with Crippen molar-refractivity contribution in [1.82, 2.24) is 19.6 Å². The number of nitrogens with zero attached hydrogens (tertiary/aromatic N) is 4. The van der Waals surface area contributed by atoms with Gasteiger partial charge in [0.05, 0.1) is 11.3 Å². The van der Waals surface area contributed by atoms with Crippen LogP contribution < -0.4 is 4.74 Å². The van der Waals surface area contributed by atoms with Crippen molar-refractivity contribution in [2.75, 3.05) is 26.2 Å². The Morgan fingerprint density at radius 2 is 1.57 bits per heavy atom. The average molecular weight is 481 g/mol. The number of amides is 2. The lowest BCUT2D eigenvalue weighted by atomic mass is 10.1. The first-order valence-electron chi connectivity index (χ1n) is 11.7. The van der Waals surface area contributed by atoms with Crippen molar-refractivity contribution in [3.63, 3.8) is 0 Å². The number of benzene rings is 2. The van der Waals surface area contributed by atoms with Crippen LogP contribution in [0.2, 0.25) is 0 Å². The normalized spacial score (nSPS) is 15.4. The van der Waals surface area contributed by atoms with Gasteiger partial charge in [0.25, 0.3) is 11.8 Å². The lowest BCUT2D eigenvalue weighted by molar-refractivity contribution is -0.0503. The third kappa shape index (κ3) is 4.38. The maximum absolute atomic E-state index is 13.5. The number of aromatic nitrogens is 2. The largest absolute Gasteiger partial charge is 0.434 e. The molecule has 0 bridgehead atoms. The van der Waals surface area contributed by atoms with Crippen molar-refractivity contribution in [1.29, 1.82) is 0 Å². The van der Waals surface area contributed by atoms with Gasteiger partial charge in [0.15, 0.2) is 5.69 Å². The van der Waals surface area contributed by atoms with Crippen LogP contribution in [0.3, 0.4) is 0 Å². The predicted molar refractivity (Wildman–Crippen MR) is 125 cm³/mol. The van der Waals surface area contributed by atoms with Crippen molar-refractivity contribution in [2.45, 2.75) is 32.8 Å². The van der Waals surface area contributed by atoms with Crippen LogP contribution >= 0.6 is 0 Å². The van der Waals surface area contributed by atoms with Crippen LogP contribution in [0.5, 0.6) is 5.75 Å². The summed E-state index contributed by atoms with van der Waals surface area (Å²) in [6.45, 7) is 0.297. The smallest absolute Gasteiger partial charge is 0.387 e. The number of carbonyl (C=O) groups excluding carboxylic acids is 2. The average Bonchev–Trinajstić information content (AvgIpc) is 3.47. The molecule has 0 spiro atoms. The number of aryl methyl sites for hydroxylation is 1. The molecule has 2 aliphatic rings. The maximum atomic E-state index is 13.5. The van der Waals surface area contributed by atoms with Crippen LogP contribution in [0.4, 0.5) is 8.78 Å². The van der Waals surface area contributed by atoms with Crippen LogP contribution in [0.15, 0.2) is 48.5 Å². The quantitative estimate of drug-likeness (QED) is 0.556. The van der Waals surface area contributed by atoms with Gasteiger partial charge in [-0.05, 0) is 49.9 Å². The summed E-state index contributed by atoms with van der Waals surface area (Å²) < 4.78 is 31.9. The van der Waals surface area contributed by atoms with Crippen LogP contribution in [0, 0.1) is 6.92 Å². The van der Waals surface area contributed by atoms with Crippen LogP contribution in [-0.4, -0.2) is 64.2 Å². The highest BCUT2D eigenvalue weighted by Gasteiger charge is 2.32. The minimum absolute atomic E-state index is 0.0855. The number of halogens is 2. The highest BCUT2D eigenvalue weighted by atomic mass is 19.3. The Morgan fingerprint density at radius 1 is 0.914 bits per heavy atom. The van der Waals surface area contributed by atoms with E-state index in [1.54, 1.807) is 21.9 Å². The van der Waals surface area contributed by atoms with E-state index in [2.05, 4.69) is 4.74 Å². The zero-order chi connectivity index (χ0) is 24.5. The van der Waals surface area contributed by atoms with Gasteiger partial charge >= 0.3 is 6.61 Å². The Balaban J connectivity index is 1.32. The van der Waals surface area contributed by atoms with E-state index in [4.69, 9.17) is 5.10 Å². The molecule has 0 atom stereocenters. The number of fused-ring (bicyclic) bond motifs is 1. The molecule has 0 saturated carbocycles. The summed E-state index contributed by atoms with van der Waals surface area (Å²) in [4.78, 5) is 29.7. The zero-order valence-corrected chi connectivity index (χ0v) is 19.4. The molecule has 1 fully saturated rings. The molecular weight excluding hydrogens is 454 g/mol. The van der Waals surface area contributed by atoms with Crippen LogP contribution in [-0.2, 0) is 12.8 Å². The number of alkyl halides is 2. The van der Waals surface area contributed by atoms with E-state index in [-0.39, 0.29) is 17.2 Å². The Morgan fingerprint density at radius 3 is 2.29 bits per heavy atom. The molecular formula is C26H26F2N4O3. The van der Waals surface area contributed by atoms with Gasteiger partial charge in [-0.1, -0.05) is 30.3 Å². The first-order chi connectivity index (χ1) is 16.9. The number of hydrogen-bond donors (Lipinski definition) is 0. The summed E-state index contributed by atoms with van der Waals surface area (Å²) in [6, 6.07) is 14.0. The second kappa shape index (κ2) is 9.48. The highest BCUT2D eigenvalue weighted by molar-refractivity contribution is 5.97. The molecule has 2 aromatic carbocycles. The van der Waals surface area contributed by atoms with Gasteiger partial charge < -0.3 is 14.5 Å². The molecule has 1 aliphatic heterocycles. The van der Waals surface area contributed by atoms with Gasteiger partial charge in [-0.2, -0.15) is 13.9 Å². The van der Waals surface area contributed by atoms with Crippen molar-refractivity contribution in [2.24, 2.45) is 0 Å². The third-order valence-electron chi connectivity index (χ3n) is 6.66. The molecule has 35 heavy (non-hydrogen) atoms. The van der Waals surface area contributed by atoms with Gasteiger partial charge in [-0.15, -0.1) is 0 Å². The van der Waals surface area contributed by atoms with E-state index in [1.807, 2.05) is 35.9 Å². The molecule has 9 heteroatoms. The van der Waals surface area contributed by atoms with Crippen molar-refractivity contribution in [3.05, 3.63) is 76.6 Å². The summed E-state index contributed by atoms with van der Waals surface area (Å²) in [7, 11) is 0. The standard InChI is InChI=1S/C26H26F2N4O3/c1-17-7-2-4-10-20(17)32-21-11-6-9-18(21)23(29-32)25(34)31-15-13-30(14-16-31)24(33)19-8-3-5-12-22(19)35-26(27)28/h2-5,7-8,10,12,26H,6,9,11,13-16H2,1H3. The Hall–Kier alpha value is -3.75. The van der Waals surface area contributed by atoms with Crippen molar-refractivity contribution >= 4 is 11.8 Å². The minimum Gasteiger partial charge on any atom is -0.434 e. The lowest BCUT2D eigenvalue weighted by Crippen LogP contribution is -2.50. The summed E-state index contributed by atoms with van der Waals surface area (Å²) in [5, 5.41) is 4.74. The minimum atomic E-state index is -3.01. The van der Waals surface area contributed by atoms with Crippen LogP contribution in [0.1, 0.15) is 44.1 Å². The van der Waals surface area contributed by atoms with Crippen molar-refractivity contribution < 1.29 is 23.1 Å². The Bertz CT molecular complexity index is 1270. The first-order valence-corrected chi connectivity index (χ1v) is 11.7. The topological polar surface area (TPSA) is 67.7 Å². The van der Waals surface area contributed by atoms with Gasteiger partial charge in [-0.25, -0.2) is 4.68 Å². The van der Waals surface area contributed by atoms with E-state index < -0.39 is 12.5 Å². The first kappa shape index (κ1) is 23.0. The van der Waals surface area contributed by atoms with E-state index in [9.17, 15) is 18.4 Å². The van der Waals surface area contributed by atoms with Gasteiger partial charge in [0.1, 0.15) is 5.75 Å². The lowest BCUT2D eigenvalue weighted by Gasteiger charge is -2.34. The Labute approximate surface area is 201 Å². The molecule has 1 saturated heterocycles. The number of carbonyl (C=O) groups is 2. The summed E-state index contributed by atoms with van der Waals surface area (Å²) in [6.07, 6.45) is 2.69. The van der Waals surface area contributed by atoms with Gasteiger partial charge in [0, 0.05) is 37.4 Å². The molecule has 7 nitrogen and oxygen atoms in total. The molecule has 3 aromatic rings. The number of ether oxygens (including phenoxy) is 1. The molecule has 0 N–H and O–H groups in total. The van der Waals surface area contributed by atoms with Crippen molar-refractivity contribution in [3.8, 4) is 11.4 Å². The predicted octanol–water partition coefficient (Wildman–Crippen LogP) is 3.87. The Kier molecular flexibility index (Phi) is 6.23. The molecule has 0 unspecified atom stereocenters. The van der Waals surface area contributed by atoms with Crippen LogP contribution in [0.25, 0.3) is 5.69 Å². The molecule has 1 aliphatic carbocycles. The second-order valence-electron chi connectivity index (χ2n) is 8.78. The molecule has 1 aromatic heterocycles. The number of hydrogen-bond acceptors (Lipinski definition) is 4.